The number of carbonyl (C=O) groups is 1. The summed E-state index contributed by atoms with van der Waals surface area (Å²) in [7, 11) is 0. The molecule has 2 aromatic rings. The highest BCUT2D eigenvalue weighted by Crippen LogP contribution is 2.45. The monoisotopic (exact) mass is 485 g/mol. The van der Waals surface area contributed by atoms with E-state index in [-0.39, 0.29) is 17.0 Å². The molecule has 0 fully saturated rings. The highest BCUT2D eigenvalue weighted by Gasteiger charge is 2.59. The Morgan fingerprint density at radius 1 is 1.27 bits per heavy atom. The van der Waals surface area contributed by atoms with E-state index in [1.807, 2.05) is 0 Å². The van der Waals surface area contributed by atoms with E-state index in [4.69, 9.17) is 11.6 Å². The molecule has 0 aliphatic rings. The van der Waals surface area contributed by atoms with Crippen molar-refractivity contribution in [2.45, 2.75) is 38.6 Å². The SMILES string of the molecule is C=Cc1cc(C)cc(N[C@@H](c2ccc(C)c(F)c2Cl)[C@](O)(CO)C(F)(F)F)c1/C=C\C(C)=O. The molecule has 0 radical (unpaired) electrons. The smallest absolute Gasteiger partial charge is 0.393 e. The summed E-state index contributed by atoms with van der Waals surface area (Å²) >= 11 is 6.06. The molecule has 0 spiro atoms. The molecule has 178 valence electrons. The number of benzene rings is 2. The third-order valence-corrected chi connectivity index (χ3v) is 5.57. The van der Waals surface area contributed by atoms with Crippen LogP contribution in [0.25, 0.3) is 12.2 Å². The number of ketones is 1. The van der Waals surface area contributed by atoms with Gasteiger partial charge < -0.3 is 15.5 Å². The predicted octanol–water partition coefficient (Wildman–Crippen LogP) is 5.78. The van der Waals surface area contributed by atoms with E-state index in [1.54, 1.807) is 13.0 Å². The molecule has 0 heterocycles. The molecular weight excluding hydrogens is 462 g/mol. The summed E-state index contributed by atoms with van der Waals surface area (Å²) in [6, 6.07) is 3.47. The van der Waals surface area contributed by atoms with E-state index in [0.717, 1.165) is 6.07 Å². The van der Waals surface area contributed by atoms with E-state index in [0.29, 0.717) is 16.7 Å². The fraction of sp³-hybridized carbons (Fsp3) is 0.292. The van der Waals surface area contributed by atoms with Crippen LogP contribution in [-0.4, -0.2) is 34.4 Å². The zero-order chi connectivity index (χ0) is 25.1. The highest BCUT2D eigenvalue weighted by atomic mass is 35.5. The van der Waals surface area contributed by atoms with E-state index in [2.05, 4.69) is 11.9 Å². The Kier molecular flexibility index (Phi) is 8.11. The molecule has 2 atom stereocenters. The van der Waals surface area contributed by atoms with Gasteiger partial charge in [0.05, 0.1) is 17.7 Å². The number of hydrogen-bond donors (Lipinski definition) is 3. The first-order valence-electron chi connectivity index (χ1n) is 9.83. The molecular formula is C24H24ClF4NO3. The van der Waals surface area contributed by atoms with Gasteiger partial charge in [-0.1, -0.05) is 42.5 Å². The Bertz CT molecular complexity index is 1100. The summed E-state index contributed by atoms with van der Waals surface area (Å²) in [6.45, 7) is 6.34. The minimum atomic E-state index is -5.31. The largest absolute Gasteiger partial charge is 0.421 e. The standard InChI is InChI=1S/C24H24ClF4NO3/c1-5-16-10-13(2)11-19(17(16)9-7-15(4)32)30-22(23(33,12-31)24(27,28)29)18-8-6-14(3)21(26)20(18)25/h5-11,22,30-31,33H,1,12H2,2-4H3/b9-7-/t22-,23+/m0/s1. The number of hydrogen-bond acceptors (Lipinski definition) is 4. The summed E-state index contributed by atoms with van der Waals surface area (Å²) in [5.74, 6) is -1.25. The van der Waals surface area contributed by atoms with Gasteiger partial charge in [-0.15, -0.1) is 0 Å². The van der Waals surface area contributed by atoms with Crippen molar-refractivity contribution in [3.8, 4) is 0 Å². The molecule has 0 amide bonds. The van der Waals surface area contributed by atoms with Crippen molar-refractivity contribution in [2.75, 3.05) is 11.9 Å². The average molecular weight is 486 g/mol. The quantitative estimate of drug-likeness (QED) is 0.327. The van der Waals surface area contributed by atoms with E-state index in [1.165, 1.54) is 44.2 Å². The Labute approximate surface area is 194 Å². The zero-order valence-electron chi connectivity index (χ0n) is 18.2. The molecule has 0 aromatic heterocycles. The number of alkyl halides is 3. The third kappa shape index (κ3) is 5.46. The van der Waals surface area contributed by atoms with Gasteiger partial charge in [-0.25, -0.2) is 4.39 Å². The summed E-state index contributed by atoms with van der Waals surface area (Å²) in [6.07, 6.45) is -1.25. The lowest BCUT2D eigenvalue weighted by molar-refractivity contribution is -0.277. The second kappa shape index (κ2) is 10.1. The third-order valence-electron chi connectivity index (χ3n) is 5.19. The molecule has 0 bridgehead atoms. The van der Waals surface area contributed by atoms with Gasteiger partial charge in [0.15, 0.2) is 5.78 Å². The Morgan fingerprint density at radius 2 is 1.91 bits per heavy atom. The van der Waals surface area contributed by atoms with Crippen molar-refractivity contribution in [3.63, 3.8) is 0 Å². The maximum absolute atomic E-state index is 14.5. The molecule has 3 N–H and O–H groups in total. The fourth-order valence-corrected chi connectivity index (χ4v) is 3.66. The van der Waals surface area contributed by atoms with Crippen LogP contribution in [0.3, 0.4) is 0 Å². The zero-order valence-corrected chi connectivity index (χ0v) is 19.0. The summed E-state index contributed by atoms with van der Waals surface area (Å²) in [5, 5.41) is 22.2. The second-order valence-corrected chi connectivity index (χ2v) is 8.10. The van der Waals surface area contributed by atoms with Gasteiger partial charge in [-0.2, -0.15) is 13.2 Å². The lowest BCUT2D eigenvalue weighted by Gasteiger charge is -2.38. The topological polar surface area (TPSA) is 69.6 Å². The number of nitrogens with one attached hydrogen (secondary N) is 1. The maximum atomic E-state index is 14.5. The number of halogens is 5. The van der Waals surface area contributed by atoms with Gasteiger partial charge in [-0.05, 0) is 61.2 Å². The number of rotatable bonds is 8. The van der Waals surface area contributed by atoms with E-state index in [9.17, 15) is 32.6 Å². The Balaban J connectivity index is 2.84. The van der Waals surface area contributed by atoms with Crippen molar-refractivity contribution in [2.24, 2.45) is 0 Å². The number of carbonyl (C=O) groups excluding carboxylic acids is 1. The molecule has 33 heavy (non-hydrogen) atoms. The molecule has 2 aromatic carbocycles. The lowest BCUT2D eigenvalue weighted by atomic mass is 9.86. The maximum Gasteiger partial charge on any atom is 0.421 e. The fourth-order valence-electron chi connectivity index (χ4n) is 3.34. The first kappa shape index (κ1) is 26.6. The van der Waals surface area contributed by atoms with Crippen LogP contribution in [0.5, 0.6) is 0 Å². The molecule has 0 aliphatic heterocycles. The first-order chi connectivity index (χ1) is 15.3. The predicted molar refractivity (Wildman–Crippen MR) is 122 cm³/mol. The molecule has 4 nitrogen and oxygen atoms in total. The van der Waals surface area contributed by atoms with Crippen LogP contribution in [0, 0.1) is 19.7 Å². The van der Waals surface area contributed by atoms with Crippen LogP contribution in [0.2, 0.25) is 5.02 Å². The van der Waals surface area contributed by atoms with Gasteiger partial charge in [-0.3, -0.25) is 4.79 Å². The van der Waals surface area contributed by atoms with Crippen LogP contribution >= 0.6 is 11.6 Å². The number of allylic oxidation sites excluding steroid dienone is 1. The number of aliphatic hydroxyl groups is 2. The number of aliphatic hydroxyl groups excluding tert-OH is 1. The normalized spacial score (nSPS) is 14.7. The van der Waals surface area contributed by atoms with Crippen molar-refractivity contribution in [1.82, 2.24) is 0 Å². The average Bonchev–Trinajstić information content (AvgIpc) is 2.73. The molecule has 2 rings (SSSR count). The van der Waals surface area contributed by atoms with Crippen LogP contribution < -0.4 is 5.32 Å². The number of anilines is 1. The summed E-state index contributed by atoms with van der Waals surface area (Å²) in [4.78, 5) is 11.5. The highest BCUT2D eigenvalue weighted by molar-refractivity contribution is 6.31. The summed E-state index contributed by atoms with van der Waals surface area (Å²) < 4.78 is 56.4. The molecule has 0 saturated heterocycles. The molecule has 0 saturated carbocycles. The number of aryl methyl sites for hydroxylation is 2. The minimum absolute atomic E-state index is 0.0839. The van der Waals surface area contributed by atoms with Crippen LogP contribution in [-0.2, 0) is 4.79 Å². The van der Waals surface area contributed by atoms with Crippen LogP contribution in [0.4, 0.5) is 23.2 Å². The van der Waals surface area contributed by atoms with Gasteiger partial charge in [0.2, 0.25) is 5.60 Å². The Morgan fingerprint density at radius 3 is 2.42 bits per heavy atom. The van der Waals surface area contributed by atoms with Crippen molar-refractivity contribution in [3.05, 3.63) is 75.6 Å². The van der Waals surface area contributed by atoms with Gasteiger partial charge in [0, 0.05) is 11.3 Å². The second-order valence-electron chi connectivity index (χ2n) is 7.72. The molecule has 0 unspecified atom stereocenters. The van der Waals surface area contributed by atoms with Gasteiger partial charge in [0.1, 0.15) is 5.82 Å². The Hall–Kier alpha value is -2.68. The van der Waals surface area contributed by atoms with Gasteiger partial charge >= 0.3 is 6.18 Å². The van der Waals surface area contributed by atoms with Crippen LogP contribution in [0.1, 0.15) is 40.8 Å². The van der Waals surface area contributed by atoms with E-state index < -0.39 is 40.8 Å². The molecule has 0 aliphatic carbocycles. The van der Waals surface area contributed by atoms with Crippen molar-refractivity contribution < 1.29 is 32.6 Å². The van der Waals surface area contributed by atoms with Gasteiger partial charge in [0.25, 0.3) is 0 Å². The first-order valence-corrected chi connectivity index (χ1v) is 10.2. The minimum Gasteiger partial charge on any atom is -0.393 e. The van der Waals surface area contributed by atoms with Crippen LogP contribution in [0.15, 0.2) is 36.9 Å². The summed E-state index contributed by atoms with van der Waals surface area (Å²) in [5.41, 5.74) is -2.52. The van der Waals surface area contributed by atoms with Crippen molar-refractivity contribution in [1.29, 1.82) is 0 Å². The van der Waals surface area contributed by atoms with Crippen molar-refractivity contribution >= 4 is 35.2 Å². The lowest BCUT2D eigenvalue weighted by Crippen LogP contribution is -2.55. The molecule has 9 heteroatoms. The van der Waals surface area contributed by atoms with E-state index >= 15 is 0 Å².